The lowest BCUT2D eigenvalue weighted by Crippen LogP contribution is -2.59. The van der Waals surface area contributed by atoms with Crippen molar-refractivity contribution in [2.75, 3.05) is 21.3 Å². The molecule has 200 valence electrons. The third-order valence-electron chi connectivity index (χ3n) is 6.71. The molecule has 1 unspecified atom stereocenters. The predicted octanol–water partition coefficient (Wildman–Crippen LogP) is 3.68. The van der Waals surface area contributed by atoms with Gasteiger partial charge in [-0.15, -0.1) is 10.2 Å². The molecule has 2 aromatic heterocycles. The van der Waals surface area contributed by atoms with Crippen LogP contribution < -0.4 is 0 Å². The molecule has 3 aromatic rings. The molecule has 1 saturated heterocycles. The van der Waals surface area contributed by atoms with Gasteiger partial charge in [0.1, 0.15) is 18.3 Å². The number of aromatic nitrogens is 4. The molecule has 5 rings (SSSR count). The van der Waals surface area contributed by atoms with E-state index < -0.39 is 23.6 Å². The summed E-state index contributed by atoms with van der Waals surface area (Å²) < 4.78 is 69.3. The smallest absolute Gasteiger partial charge is 0.376 e. The van der Waals surface area contributed by atoms with Gasteiger partial charge in [0, 0.05) is 33.1 Å². The van der Waals surface area contributed by atoms with Crippen LogP contribution in [-0.4, -0.2) is 78.1 Å². The van der Waals surface area contributed by atoms with E-state index in [-0.39, 0.29) is 29.5 Å². The number of rotatable bonds is 7. The molecule has 0 N–H and O–H groups in total. The first-order chi connectivity index (χ1) is 17.7. The van der Waals surface area contributed by atoms with Crippen LogP contribution in [0.5, 0.6) is 0 Å². The third-order valence-corrected chi connectivity index (χ3v) is 7.67. The number of fused-ring (bicyclic) bond motifs is 1. The molecule has 1 fully saturated rings. The highest BCUT2D eigenvalue weighted by molar-refractivity contribution is 7.13. The number of benzene rings is 1. The zero-order chi connectivity index (χ0) is 26.3. The zero-order valence-corrected chi connectivity index (χ0v) is 21.5. The molecular weight excluding hydrogens is 513 g/mol. The second-order valence-electron chi connectivity index (χ2n) is 8.99. The Morgan fingerprint density at radius 2 is 1.70 bits per heavy atom. The standard InChI is InChI=1S/C24H27F3N4O5S/c1-12-18(32-2)19(33-3)20(34-4)21(35-12)36-16-10-13-5-6-14(9-15(13)11-16)17-7-8-31(30-17)23-29-28-22(37-23)24(25,26)27/h5-9,12,16,18-21H,10-11H2,1-4H3/t12-,16?,18-,19+,20+,21-/m0/s1. The summed E-state index contributed by atoms with van der Waals surface area (Å²) in [5, 5.41) is 10.3. The van der Waals surface area contributed by atoms with Gasteiger partial charge in [0.25, 0.3) is 0 Å². The monoisotopic (exact) mass is 540 g/mol. The van der Waals surface area contributed by atoms with Gasteiger partial charge in [0.05, 0.1) is 17.9 Å². The van der Waals surface area contributed by atoms with Gasteiger partial charge in [0.2, 0.25) is 10.1 Å². The average molecular weight is 541 g/mol. The molecule has 0 bridgehead atoms. The second-order valence-corrected chi connectivity index (χ2v) is 9.95. The molecule has 1 aromatic carbocycles. The fourth-order valence-corrected chi connectivity index (χ4v) is 5.60. The van der Waals surface area contributed by atoms with Crippen LogP contribution in [0, 0.1) is 0 Å². The van der Waals surface area contributed by atoms with Gasteiger partial charge >= 0.3 is 6.18 Å². The number of ether oxygens (including phenoxy) is 5. The summed E-state index contributed by atoms with van der Waals surface area (Å²) >= 11 is 0.441. The van der Waals surface area contributed by atoms with Crippen molar-refractivity contribution in [2.45, 2.75) is 62.8 Å². The molecule has 1 aliphatic heterocycles. The molecular formula is C24H27F3N4O5S. The molecule has 0 spiro atoms. The first-order valence-electron chi connectivity index (χ1n) is 11.7. The Labute approximate surface area is 215 Å². The maximum atomic E-state index is 12.9. The van der Waals surface area contributed by atoms with Gasteiger partial charge in [-0.2, -0.15) is 18.3 Å². The highest BCUT2D eigenvalue weighted by Crippen LogP contribution is 2.35. The molecule has 37 heavy (non-hydrogen) atoms. The van der Waals surface area contributed by atoms with Gasteiger partial charge in [-0.25, -0.2) is 4.68 Å². The number of halogens is 3. The van der Waals surface area contributed by atoms with Crippen molar-refractivity contribution in [3.05, 3.63) is 46.6 Å². The Balaban J connectivity index is 1.28. The minimum atomic E-state index is -4.54. The largest absolute Gasteiger partial charge is 0.445 e. The number of hydrogen-bond acceptors (Lipinski definition) is 9. The van der Waals surface area contributed by atoms with Crippen LogP contribution in [0.25, 0.3) is 16.4 Å². The average Bonchev–Trinajstić information content (AvgIpc) is 3.61. The minimum absolute atomic E-state index is 0.0488. The Kier molecular flexibility index (Phi) is 7.35. The van der Waals surface area contributed by atoms with Crippen LogP contribution in [-0.2, 0) is 42.7 Å². The van der Waals surface area contributed by atoms with E-state index in [1.807, 2.05) is 25.1 Å². The van der Waals surface area contributed by atoms with Crippen molar-refractivity contribution in [3.8, 4) is 16.4 Å². The molecule has 9 nitrogen and oxygen atoms in total. The topological polar surface area (TPSA) is 89.8 Å². The first-order valence-corrected chi connectivity index (χ1v) is 12.5. The van der Waals surface area contributed by atoms with E-state index in [9.17, 15) is 13.2 Å². The Morgan fingerprint density at radius 3 is 2.38 bits per heavy atom. The van der Waals surface area contributed by atoms with E-state index in [0.717, 1.165) is 16.7 Å². The summed E-state index contributed by atoms with van der Waals surface area (Å²) in [5.74, 6) is 0. The summed E-state index contributed by atoms with van der Waals surface area (Å²) in [4.78, 5) is 0. The van der Waals surface area contributed by atoms with Crippen LogP contribution in [0.15, 0.2) is 30.5 Å². The van der Waals surface area contributed by atoms with Crippen LogP contribution in [0.3, 0.4) is 0 Å². The van der Waals surface area contributed by atoms with E-state index in [0.29, 0.717) is 29.9 Å². The highest BCUT2D eigenvalue weighted by atomic mass is 32.1. The van der Waals surface area contributed by atoms with Crippen molar-refractivity contribution in [2.24, 2.45) is 0 Å². The van der Waals surface area contributed by atoms with Gasteiger partial charge in [-0.3, -0.25) is 0 Å². The van der Waals surface area contributed by atoms with E-state index in [4.69, 9.17) is 23.7 Å². The molecule has 1 aliphatic carbocycles. The Morgan fingerprint density at radius 1 is 0.973 bits per heavy atom. The lowest BCUT2D eigenvalue weighted by Gasteiger charge is -2.44. The summed E-state index contributed by atoms with van der Waals surface area (Å²) in [6.07, 6.45) is -3.62. The number of alkyl halides is 3. The molecule has 3 heterocycles. The molecule has 2 aliphatic rings. The minimum Gasteiger partial charge on any atom is -0.376 e. The van der Waals surface area contributed by atoms with Crippen molar-refractivity contribution in [1.82, 2.24) is 20.0 Å². The summed E-state index contributed by atoms with van der Waals surface area (Å²) in [5.41, 5.74) is 3.73. The van der Waals surface area contributed by atoms with Crippen molar-refractivity contribution < 1.29 is 36.9 Å². The fraction of sp³-hybridized carbons (Fsp3) is 0.542. The predicted molar refractivity (Wildman–Crippen MR) is 126 cm³/mol. The van der Waals surface area contributed by atoms with Crippen LogP contribution in [0.2, 0.25) is 0 Å². The Bertz CT molecular complexity index is 1240. The van der Waals surface area contributed by atoms with Crippen LogP contribution in [0.4, 0.5) is 13.2 Å². The third kappa shape index (κ3) is 5.16. The van der Waals surface area contributed by atoms with Gasteiger partial charge in [-0.05, 0) is 43.0 Å². The van der Waals surface area contributed by atoms with E-state index in [2.05, 4.69) is 15.3 Å². The summed E-state index contributed by atoms with van der Waals surface area (Å²) in [6, 6.07) is 7.73. The second kappa shape index (κ2) is 10.4. The molecule has 0 radical (unpaired) electrons. The summed E-state index contributed by atoms with van der Waals surface area (Å²) in [7, 11) is 4.83. The van der Waals surface area contributed by atoms with Crippen molar-refractivity contribution in [3.63, 3.8) is 0 Å². The van der Waals surface area contributed by atoms with E-state index in [1.54, 1.807) is 33.6 Å². The normalized spacial score (nSPS) is 28.0. The molecule has 0 amide bonds. The summed E-state index contributed by atoms with van der Waals surface area (Å²) in [6.45, 7) is 1.92. The van der Waals surface area contributed by atoms with Gasteiger partial charge in [0.15, 0.2) is 6.29 Å². The van der Waals surface area contributed by atoms with Crippen LogP contribution >= 0.6 is 11.3 Å². The highest BCUT2D eigenvalue weighted by Gasteiger charge is 2.47. The van der Waals surface area contributed by atoms with Crippen molar-refractivity contribution >= 4 is 11.3 Å². The number of hydrogen-bond donors (Lipinski definition) is 0. The lowest BCUT2D eigenvalue weighted by atomic mass is 9.99. The maximum Gasteiger partial charge on any atom is 0.445 e. The van der Waals surface area contributed by atoms with Crippen LogP contribution in [0.1, 0.15) is 23.1 Å². The van der Waals surface area contributed by atoms with E-state index >= 15 is 0 Å². The Hall–Kier alpha value is -2.42. The van der Waals surface area contributed by atoms with Gasteiger partial charge < -0.3 is 23.7 Å². The maximum absolute atomic E-state index is 12.9. The zero-order valence-electron chi connectivity index (χ0n) is 20.6. The number of methoxy groups -OCH3 is 3. The first kappa shape index (κ1) is 26.2. The lowest BCUT2D eigenvalue weighted by molar-refractivity contribution is -0.314. The van der Waals surface area contributed by atoms with Gasteiger partial charge in [-0.1, -0.05) is 23.5 Å². The molecule has 0 saturated carbocycles. The number of nitrogens with zero attached hydrogens (tertiary/aromatic N) is 4. The molecule has 13 heteroatoms. The fourth-order valence-electron chi connectivity index (χ4n) is 4.95. The SMILES string of the molecule is CO[C@@H]1[C@@H](OC)[C@H](C)O[C@@H](OC2Cc3ccc(-c4ccn(-c5nnc(C(F)(F)F)s5)n4)cc3C2)[C@@H]1OC. The van der Waals surface area contributed by atoms with E-state index in [1.165, 1.54) is 4.68 Å². The molecule has 6 atom stereocenters. The quantitative estimate of drug-likeness (QED) is 0.449. The van der Waals surface area contributed by atoms with Crippen molar-refractivity contribution in [1.29, 1.82) is 0 Å².